The SMILES string of the molecule is CCOC(=O)c1cnc2c(Br)ccc(F)c2c1Cl. The van der Waals surface area contributed by atoms with Crippen LogP contribution in [0.5, 0.6) is 0 Å². The number of aromatic nitrogens is 1. The second-order valence-corrected chi connectivity index (χ2v) is 4.69. The molecule has 1 heterocycles. The highest BCUT2D eigenvalue weighted by atomic mass is 79.9. The molecule has 1 aromatic carbocycles. The van der Waals surface area contributed by atoms with Gasteiger partial charge in [-0.2, -0.15) is 0 Å². The summed E-state index contributed by atoms with van der Waals surface area (Å²) in [4.78, 5) is 15.7. The Bertz CT molecular complexity index is 633. The Morgan fingerprint density at radius 2 is 2.28 bits per heavy atom. The van der Waals surface area contributed by atoms with Crippen LogP contribution in [0.25, 0.3) is 10.9 Å². The molecule has 0 fully saturated rings. The van der Waals surface area contributed by atoms with Gasteiger partial charge in [-0.15, -0.1) is 0 Å². The van der Waals surface area contributed by atoms with E-state index in [4.69, 9.17) is 16.3 Å². The first kappa shape index (κ1) is 13.2. The maximum Gasteiger partial charge on any atom is 0.341 e. The molecular formula is C12H8BrClFNO2. The maximum absolute atomic E-state index is 13.8. The Morgan fingerprint density at radius 3 is 2.94 bits per heavy atom. The molecular weight excluding hydrogens is 324 g/mol. The summed E-state index contributed by atoms with van der Waals surface area (Å²) in [5, 5.41) is 0.119. The molecule has 0 unspecified atom stereocenters. The molecule has 2 aromatic rings. The van der Waals surface area contributed by atoms with Crippen LogP contribution in [0, 0.1) is 5.82 Å². The molecule has 0 aliphatic rings. The molecule has 0 aliphatic heterocycles. The highest BCUT2D eigenvalue weighted by molar-refractivity contribution is 9.10. The lowest BCUT2D eigenvalue weighted by molar-refractivity contribution is 0.0526. The zero-order valence-electron chi connectivity index (χ0n) is 9.34. The van der Waals surface area contributed by atoms with Gasteiger partial charge < -0.3 is 4.74 Å². The third-order valence-electron chi connectivity index (χ3n) is 2.35. The molecule has 3 nitrogen and oxygen atoms in total. The molecule has 0 aliphatic carbocycles. The number of pyridine rings is 1. The molecule has 0 saturated heterocycles. The van der Waals surface area contributed by atoms with Crippen LogP contribution < -0.4 is 0 Å². The zero-order valence-corrected chi connectivity index (χ0v) is 11.7. The number of benzene rings is 1. The average Bonchev–Trinajstić information content (AvgIpc) is 2.34. The van der Waals surface area contributed by atoms with Crippen molar-refractivity contribution in [2.24, 2.45) is 0 Å². The highest BCUT2D eigenvalue weighted by Gasteiger charge is 2.18. The monoisotopic (exact) mass is 331 g/mol. The number of esters is 1. The summed E-state index contributed by atoms with van der Waals surface area (Å²) in [7, 11) is 0. The van der Waals surface area contributed by atoms with Crippen LogP contribution in [0.2, 0.25) is 5.02 Å². The van der Waals surface area contributed by atoms with E-state index in [2.05, 4.69) is 20.9 Å². The van der Waals surface area contributed by atoms with Gasteiger partial charge in [-0.3, -0.25) is 4.98 Å². The predicted molar refractivity (Wildman–Crippen MR) is 70.4 cm³/mol. The van der Waals surface area contributed by atoms with E-state index in [9.17, 15) is 9.18 Å². The van der Waals surface area contributed by atoms with Crippen molar-refractivity contribution in [2.75, 3.05) is 6.61 Å². The van der Waals surface area contributed by atoms with Gasteiger partial charge in [0.1, 0.15) is 5.82 Å². The summed E-state index contributed by atoms with van der Waals surface area (Å²) in [6.07, 6.45) is 1.28. The van der Waals surface area contributed by atoms with Crippen LogP contribution >= 0.6 is 27.5 Å². The van der Waals surface area contributed by atoms with E-state index in [1.54, 1.807) is 6.92 Å². The standard InChI is InChI=1S/C12H8BrClFNO2/c1-2-18-12(17)6-5-16-11-7(13)3-4-8(15)9(11)10(6)14/h3-5H,2H2,1H3. The zero-order chi connectivity index (χ0) is 13.3. The lowest BCUT2D eigenvalue weighted by Gasteiger charge is -2.08. The minimum atomic E-state index is -0.615. The van der Waals surface area contributed by atoms with Crippen LogP contribution in [0.4, 0.5) is 4.39 Å². The normalized spacial score (nSPS) is 10.7. The molecule has 6 heteroatoms. The number of fused-ring (bicyclic) bond motifs is 1. The number of hydrogen-bond donors (Lipinski definition) is 0. The third-order valence-corrected chi connectivity index (χ3v) is 3.38. The second-order valence-electron chi connectivity index (χ2n) is 3.46. The summed E-state index contributed by atoms with van der Waals surface area (Å²) >= 11 is 9.30. The van der Waals surface area contributed by atoms with E-state index in [-0.39, 0.29) is 22.6 Å². The smallest absolute Gasteiger partial charge is 0.341 e. The van der Waals surface area contributed by atoms with Crippen molar-refractivity contribution < 1.29 is 13.9 Å². The van der Waals surface area contributed by atoms with Crippen molar-refractivity contribution in [3.05, 3.63) is 39.2 Å². The molecule has 0 amide bonds. The molecule has 0 N–H and O–H groups in total. The maximum atomic E-state index is 13.8. The van der Waals surface area contributed by atoms with Crippen LogP contribution in [-0.2, 0) is 4.74 Å². The van der Waals surface area contributed by atoms with Gasteiger partial charge in [0.25, 0.3) is 0 Å². The predicted octanol–water partition coefficient (Wildman–Crippen LogP) is 3.97. The lowest BCUT2D eigenvalue weighted by Crippen LogP contribution is -2.06. The van der Waals surface area contributed by atoms with Crippen LogP contribution in [0.3, 0.4) is 0 Å². The van der Waals surface area contributed by atoms with Gasteiger partial charge >= 0.3 is 5.97 Å². The Balaban J connectivity index is 2.71. The molecule has 18 heavy (non-hydrogen) atoms. The van der Waals surface area contributed by atoms with Crippen molar-refractivity contribution in [2.45, 2.75) is 6.92 Å². The van der Waals surface area contributed by atoms with Crippen LogP contribution in [-0.4, -0.2) is 17.6 Å². The number of ether oxygens (including phenoxy) is 1. The molecule has 2 rings (SSSR count). The van der Waals surface area contributed by atoms with Crippen molar-refractivity contribution in [1.29, 1.82) is 0 Å². The number of hydrogen-bond acceptors (Lipinski definition) is 3. The van der Waals surface area contributed by atoms with Crippen molar-refractivity contribution in [3.8, 4) is 0 Å². The minimum absolute atomic E-state index is 0.0113. The molecule has 94 valence electrons. The summed E-state index contributed by atoms with van der Waals surface area (Å²) in [6, 6.07) is 2.79. The molecule has 0 spiro atoms. The molecule has 0 atom stereocenters. The first-order valence-electron chi connectivity index (χ1n) is 5.15. The molecule has 0 bridgehead atoms. The third kappa shape index (κ3) is 2.20. The van der Waals surface area contributed by atoms with Gasteiger partial charge in [0.2, 0.25) is 0 Å². The van der Waals surface area contributed by atoms with Crippen LogP contribution in [0.15, 0.2) is 22.8 Å². The van der Waals surface area contributed by atoms with Gasteiger partial charge in [0.15, 0.2) is 0 Å². The number of carbonyl (C=O) groups excluding carboxylic acids is 1. The van der Waals surface area contributed by atoms with Gasteiger partial charge in [0.05, 0.1) is 28.1 Å². The van der Waals surface area contributed by atoms with E-state index in [1.807, 2.05) is 0 Å². The van der Waals surface area contributed by atoms with Crippen molar-refractivity contribution >= 4 is 44.4 Å². The van der Waals surface area contributed by atoms with Crippen molar-refractivity contribution in [1.82, 2.24) is 4.98 Å². The second kappa shape index (κ2) is 5.20. The fourth-order valence-corrected chi connectivity index (χ4v) is 2.29. The van der Waals surface area contributed by atoms with Gasteiger partial charge in [0, 0.05) is 10.7 Å². The Kier molecular flexibility index (Phi) is 3.82. The Morgan fingerprint density at radius 1 is 1.56 bits per heavy atom. The lowest BCUT2D eigenvalue weighted by atomic mass is 10.1. The Labute approximate surface area is 116 Å². The van der Waals surface area contributed by atoms with Crippen molar-refractivity contribution in [3.63, 3.8) is 0 Å². The summed E-state index contributed by atoms with van der Waals surface area (Å²) in [5.74, 6) is -1.15. The van der Waals surface area contributed by atoms with Crippen LogP contribution in [0.1, 0.15) is 17.3 Å². The van der Waals surface area contributed by atoms with E-state index in [0.29, 0.717) is 9.99 Å². The Hall–Kier alpha value is -1.20. The number of nitrogens with zero attached hydrogens (tertiary/aromatic N) is 1. The van der Waals surface area contributed by atoms with Gasteiger partial charge in [-0.1, -0.05) is 11.6 Å². The quantitative estimate of drug-likeness (QED) is 0.781. The largest absolute Gasteiger partial charge is 0.462 e. The van der Waals surface area contributed by atoms with Gasteiger partial charge in [-0.05, 0) is 35.0 Å². The van der Waals surface area contributed by atoms with E-state index >= 15 is 0 Å². The fourth-order valence-electron chi connectivity index (χ4n) is 1.55. The molecule has 0 saturated carbocycles. The molecule has 1 aromatic heterocycles. The van der Waals surface area contributed by atoms with E-state index < -0.39 is 11.8 Å². The van der Waals surface area contributed by atoms with E-state index in [0.717, 1.165) is 0 Å². The topological polar surface area (TPSA) is 39.2 Å². The minimum Gasteiger partial charge on any atom is -0.462 e. The molecule has 0 radical (unpaired) electrons. The average molecular weight is 333 g/mol. The highest BCUT2D eigenvalue weighted by Crippen LogP contribution is 2.32. The van der Waals surface area contributed by atoms with Gasteiger partial charge in [-0.25, -0.2) is 9.18 Å². The summed E-state index contributed by atoms with van der Waals surface area (Å²) in [6.45, 7) is 1.89. The number of rotatable bonds is 2. The number of halogens is 3. The first-order chi connectivity index (χ1) is 8.56. The number of carbonyl (C=O) groups is 1. The first-order valence-corrected chi connectivity index (χ1v) is 6.32. The van der Waals surface area contributed by atoms with E-state index in [1.165, 1.54) is 18.3 Å². The summed E-state index contributed by atoms with van der Waals surface area (Å²) < 4.78 is 19.2. The summed E-state index contributed by atoms with van der Waals surface area (Å²) in [5.41, 5.74) is 0.427. The fraction of sp³-hybridized carbons (Fsp3) is 0.167.